The first-order valence-corrected chi connectivity index (χ1v) is 7.60. The lowest BCUT2D eigenvalue weighted by Crippen LogP contribution is -2.31. The molecule has 0 unspecified atom stereocenters. The fourth-order valence-electron chi connectivity index (χ4n) is 2.68. The largest absolute Gasteiger partial charge is 0.326 e. The summed E-state index contributed by atoms with van der Waals surface area (Å²) in [7, 11) is 0. The number of carbonyl (C=O) groups is 1. The second-order valence-corrected chi connectivity index (χ2v) is 5.42. The number of piperidine rings is 1. The average Bonchev–Trinajstić information content (AvgIpc) is 2.49. The minimum Gasteiger partial charge on any atom is -0.326 e. The van der Waals surface area contributed by atoms with Crippen molar-refractivity contribution >= 4 is 11.6 Å². The molecule has 0 spiro atoms. The molecule has 1 amide bonds. The van der Waals surface area contributed by atoms with E-state index < -0.39 is 0 Å². The second kappa shape index (κ2) is 8.02. The molecule has 0 bridgehead atoms. The third-order valence-electron chi connectivity index (χ3n) is 3.84. The van der Waals surface area contributed by atoms with Gasteiger partial charge in [0.1, 0.15) is 0 Å². The summed E-state index contributed by atoms with van der Waals surface area (Å²) >= 11 is 0. The van der Waals surface area contributed by atoms with Crippen LogP contribution in [0.5, 0.6) is 0 Å². The topological polar surface area (TPSA) is 58.4 Å². The van der Waals surface area contributed by atoms with E-state index in [1.807, 2.05) is 24.3 Å². The molecule has 20 heavy (non-hydrogen) atoms. The number of nitrogens with one attached hydrogen (secondary N) is 1. The van der Waals surface area contributed by atoms with Crippen LogP contribution in [0.1, 0.15) is 37.7 Å². The summed E-state index contributed by atoms with van der Waals surface area (Å²) in [6, 6.07) is 7.71. The Bertz CT molecular complexity index is 427. The Morgan fingerprint density at radius 1 is 1.20 bits per heavy atom. The normalized spacial score (nSPS) is 16.1. The minimum absolute atomic E-state index is 0.0860. The standard InChI is InChI=1S/C16H25N3O/c17-13-14-7-2-3-8-15(14)18-16(20)9-6-12-19-10-4-1-5-11-19/h2-3,7-8H,1,4-6,9-13,17H2,(H,18,20). The molecule has 1 fully saturated rings. The fourth-order valence-corrected chi connectivity index (χ4v) is 2.68. The number of hydrogen-bond donors (Lipinski definition) is 2. The summed E-state index contributed by atoms with van der Waals surface area (Å²) in [4.78, 5) is 14.4. The van der Waals surface area contributed by atoms with Gasteiger partial charge in [-0.1, -0.05) is 24.6 Å². The van der Waals surface area contributed by atoms with Crippen LogP contribution >= 0.6 is 0 Å². The van der Waals surface area contributed by atoms with Crippen LogP contribution in [0.25, 0.3) is 0 Å². The highest BCUT2D eigenvalue weighted by atomic mass is 16.1. The zero-order valence-corrected chi connectivity index (χ0v) is 12.1. The summed E-state index contributed by atoms with van der Waals surface area (Å²) in [5.74, 6) is 0.0860. The first-order chi connectivity index (χ1) is 9.79. The Morgan fingerprint density at radius 3 is 2.70 bits per heavy atom. The molecular weight excluding hydrogens is 250 g/mol. The van der Waals surface area contributed by atoms with E-state index in [0.29, 0.717) is 13.0 Å². The lowest BCUT2D eigenvalue weighted by molar-refractivity contribution is -0.116. The minimum atomic E-state index is 0.0860. The van der Waals surface area contributed by atoms with Crippen molar-refractivity contribution in [1.29, 1.82) is 0 Å². The van der Waals surface area contributed by atoms with Crippen molar-refractivity contribution in [3.05, 3.63) is 29.8 Å². The number of rotatable bonds is 6. The monoisotopic (exact) mass is 275 g/mol. The number of anilines is 1. The predicted octanol–water partition coefficient (Wildman–Crippen LogP) is 2.35. The van der Waals surface area contributed by atoms with Gasteiger partial charge >= 0.3 is 0 Å². The average molecular weight is 275 g/mol. The summed E-state index contributed by atoms with van der Waals surface area (Å²) in [6.45, 7) is 3.87. The number of nitrogens with two attached hydrogens (primary N) is 1. The Balaban J connectivity index is 1.72. The molecule has 1 aromatic rings. The van der Waals surface area contributed by atoms with Gasteiger partial charge in [0.05, 0.1) is 0 Å². The number of amides is 1. The molecule has 1 aliphatic heterocycles. The molecule has 0 atom stereocenters. The van der Waals surface area contributed by atoms with Gasteiger partial charge in [-0.15, -0.1) is 0 Å². The van der Waals surface area contributed by atoms with E-state index in [9.17, 15) is 4.79 Å². The molecule has 1 heterocycles. The number of hydrogen-bond acceptors (Lipinski definition) is 3. The lowest BCUT2D eigenvalue weighted by Gasteiger charge is -2.26. The van der Waals surface area contributed by atoms with Crippen LogP contribution in [0.2, 0.25) is 0 Å². The second-order valence-electron chi connectivity index (χ2n) is 5.42. The van der Waals surface area contributed by atoms with Gasteiger partial charge < -0.3 is 16.0 Å². The molecule has 1 aromatic carbocycles. The third kappa shape index (κ3) is 4.62. The van der Waals surface area contributed by atoms with Crippen molar-refractivity contribution in [2.24, 2.45) is 5.73 Å². The summed E-state index contributed by atoms with van der Waals surface area (Å²) in [6.07, 6.45) is 5.46. The van der Waals surface area contributed by atoms with Gasteiger partial charge in [-0.05, 0) is 50.5 Å². The van der Waals surface area contributed by atoms with E-state index in [-0.39, 0.29) is 5.91 Å². The molecule has 3 N–H and O–H groups in total. The van der Waals surface area contributed by atoms with E-state index in [2.05, 4.69) is 10.2 Å². The quantitative estimate of drug-likeness (QED) is 0.838. The van der Waals surface area contributed by atoms with Crippen LogP contribution in [0.15, 0.2) is 24.3 Å². The molecule has 0 aliphatic carbocycles. The van der Waals surface area contributed by atoms with E-state index in [4.69, 9.17) is 5.73 Å². The molecule has 1 aliphatic rings. The molecule has 4 nitrogen and oxygen atoms in total. The molecule has 0 saturated carbocycles. The van der Waals surface area contributed by atoms with Gasteiger partial charge in [0.25, 0.3) is 0 Å². The van der Waals surface area contributed by atoms with Gasteiger partial charge in [-0.3, -0.25) is 4.79 Å². The van der Waals surface area contributed by atoms with E-state index in [1.54, 1.807) is 0 Å². The van der Waals surface area contributed by atoms with Crippen molar-refractivity contribution in [2.45, 2.75) is 38.6 Å². The molecule has 1 saturated heterocycles. The van der Waals surface area contributed by atoms with Crippen molar-refractivity contribution in [2.75, 3.05) is 25.0 Å². The van der Waals surface area contributed by atoms with Crippen molar-refractivity contribution in [3.8, 4) is 0 Å². The van der Waals surface area contributed by atoms with E-state index in [0.717, 1.165) is 24.2 Å². The van der Waals surface area contributed by atoms with Gasteiger partial charge in [0.15, 0.2) is 0 Å². The number of carbonyl (C=O) groups excluding carboxylic acids is 1. The predicted molar refractivity (Wildman–Crippen MR) is 82.5 cm³/mol. The summed E-state index contributed by atoms with van der Waals surface area (Å²) in [5.41, 5.74) is 7.49. The highest BCUT2D eigenvalue weighted by molar-refractivity contribution is 5.91. The summed E-state index contributed by atoms with van der Waals surface area (Å²) in [5, 5.41) is 2.96. The van der Waals surface area contributed by atoms with Gasteiger partial charge in [-0.2, -0.15) is 0 Å². The van der Waals surface area contributed by atoms with Gasteiger partial charge in [-0.25, -0.2) is 0 Å². The number of likely N-dealkylation sites (tertiary alicyclic amines) is 1. The van der Waals surface area contributed by atoms with Crippen LogP contribution in [0, 0.1) is 0 Å². The van der Waals surface area contributed by atoms with Crippen LogP contribution in [-0.2, 0) is 11.3 Å². The first-order valence-electron chi connectivity index (χ1n) is 7.60. The van der Waals surface area contributed by atoms with Crippen LogP contribution in [-0.4, -0.2) is 30.4 Å². The fraction of sp³-hybridized carbons (Fsp3) is 0.562. The van der Waals surface area contributed by atoms with Gasteiger partial charge in [0.2, 0.25) is 5.91 Å². The van der Waals surface area contributed by atoms with Crippen molar-refractivity contribution < 1.29 is 4.79 Å². The zero-order chi connectivity index (χ0) is 14.2. The van der Waals surface area contributed by atoms with Gasteiger partial charge in [0, 0.05) is 18.7 Å². The van der Waals surface area contributed by atoms with Crippen LogP contribution < -0.4 is 11.1 Å². The third-order valence-corrected chi connectivity index (χ3v) is 3.84. The SMILES string of the molecule is NCc1ccccc1NC(=O)CCCN1CCCCC1. The van der Waals surface area contributed by atoms with Crippen LogP contribution in [0.3, 0.4) is 0 Å². The molecule has 110 valence electrons. The van der Waals surface area contributed by atoms with E-state index >= 15 is 0 Å². The van der Waals surface area contributed by atoms with Crippen molar-refractivity contribution in [1.82, 2.24) is 4.90 Å². The molecular formula is C16H25N3O. The Kier molecular flexibility index (Phi) is 6.02. The Labute approximate surface area is 121 Å². The molecule has 4 heteroatoms. The highest BCUT2D eigenvalue weighted by Gasteiger charge is 2.11. The van der Waals surface area contributed by atoms with E-state index in [1.165, 1.54) is 32.4 Å². The maximum Gasteiger partial charge on any atom is 0.224 e. The first kappa shape index (κ1) is 15.0. The number of benzene rings is 1. The van der Waals surface area contributed by atoms with Crippen LogP contribution in [0.4, 0.5) is 5.69 Å². The Hall–Kier alpha value is -1.39. The maximum absolute atomic E-state index is 12.0. The Morgan fingerprint density at radius 2 is 1.95 bits per heavy atom. The zero-order valence-electron chi connectivity index (χ0n) is 12.1. The number of nitrogens with zero attached hydrogens (tertiary/aromatic N) is 1. The smallest absolute Gasteiger partial charge is 0.224 e. The highest BCUT2D eigenvalue weighted by Crippen LogP contribution is 2.15. The molecule has 0 radical (unpaired) electrons. The number of para-hydroxylation sites is 1. The molecule has 2 rings (SSSR count). The molecule has 0 aromatic heterocycles. The maximum atomic E-state index is 12.0. The van der Waals surface area contributed by atoms with Crippen molar-refractivity contribution in [3.63, 3.8) is 0 Å². The lowest BCUT2D eigenvalue weighted by atomic mass is 10.1. The summed E-state index contributed by atoms with van der Waals surface area (Å²) < 4.78 is 0.